The van der Waals surface area contributed by atoms with Crippen LogP contribution in [-0.4, -0.2) is 11.5 Å². The first-order valence-electron chi connectivity index (χ1n) is 6.76. The zero-order chi connectivity index (χ0) is 13.5. The zero-order valence-corrected chi connectivity index (χ0v) is 12.2. The highest BCUT2D eigenvalue weighted by Gasteiger charge is 1.99. The fourth-order valence-corrected chi connectivity index (χ4v) is 2.72. The fourth-order valence-electron chi connectivity index (χ4n) is 1.89. The number of benzene rings is 1. The molecule has 0 atom stereocenters. The highest BCUT2D eigenvalue weighted by Crippen LogP contribution is 2.13. The van der Waals surface area contributed by atoms with E-state index in [9.17, 15) is 0 Å². The van der Waals surface area contributed by atoms with Gasteiger partial charge in [0.2, 0.25) is 0 Å². The van der Waals surface area contributed by atoms with Crippen LogP contribution < -0.4 is 11.1 Å². The van der Waals surface area contributed by atoms with E-state index in [0.29, 0.717) is 0 Å². The predicted molar refractivity (Wildman–Crippen MR) is 82.4 cm³/mol. The van der Waals surface area contributed by atoms with Crippen LogP contribution >= 0.6 is 11.3 Å². The van der Waals surface area contributed by atoms with Crippen molar-refractivity contribution < 1.29 is 0 Å². The summed E-state index contributed by atoms with van der Waals surface area (Å²) in [7, 11) is 0. The van der Waals surface area contributed by atoms with Crippen LogP contribution in [0.3, 0.4) is 0 Å². The summed E-state index contributed by atoms with van der Waals surface area (Å²) < 4.78 is 0. The summed E-state index contributed by atoms with van der Waals surface area (Å²) >= 11 is 1.80. The van der Waals surface area contributed by atoms with Gasteiger partial charge in [-0.25, -0.2) is 4.98 Å². The summed E-state index contributed by atoms with van der Waals surface area (Å²) in [6.45, 7) is 4.06. The standard InChI is InChI=1S/C15H21N3S/c1-2-14-10-18-15(19-14)11-17-9-3-4-12-5-7-13(16)8-6-12/h5-8,10,17H,2-4,9,11,16H2,1H3. The lowest BCUT2D eigenvalue weighted by molar-refractivity contribution is 0.647. The van der Waals surface area contributed by atoms with Crippen molar-refractivity contribution in [2.75, 3.05) is 12.3 Å². The Balaban J connectivity index is 1.63. The molecule has 0 spiro atoms. The van der Waals surface area contributed by atoms with E-state index in [-0.39, 0.29) is 0 Å². The molecule has 2 rings (SSSR count). The second-order valence-electron chi connectivity index (χ2n) is 4.60. The molecular weight excluding hydrogens is 254 g/mol. The molecule has 0 bridgehead atoms. The summed E-state index contributed by atoms with van der Waals surface area (Å²) in [6.07, 6.45) is 5.28. The topological polar surface area (TPSA) is 50.9 Å². The van der Waals surface area contributed by atoms with Gasteiger partial charge in [-0.3, -0.25) is 0 Å². The Labute approximate surface area is 118 Å². The Hall–Kier alpha value is -1.39. The smallest absolute Gasteiger partial charge is 0.107 e. The quantitative estimate of drug-likeness (QED) is 0.603. The summed E-state index contributed by atoms with van der Waals surface area (Å²) in [6, 6.07) is 8.13. The molecule has 0 saturated heterocycles. The molecule has 3 N–H and O–H groups in total. The van der Waals surface area contributed by atoms with Crippen molar-refractivity contribution in [3.05, 3.63) is 45.9 Å². The maximum atomic E-state index is 5.66. The number of aromatic nitrogens is 1. The van der Waals surface area contributed by atoms with Crippen molar-refractivity contribution in [2.45, 2.75) is 32.7 Å². The van der Waals surface area contributed by atoms with Crippen molar-refractivity contribution in [3.63, 3.8) is 0 Å². The van der Waals surface area contributed by atoms with Crippen molar-refractivity contribution in [1.29, 1.82) is 0 Å². The van der Waals surface area contributed by atoms with Crippen LogP contribution in [0.15, 0.2) is 30.5 Å². The summed E-state index contributed by atoms with van der Waals surface area (Å²) in [5.41, 5.74) is 7.84. The Morgan fingerprint density at radius 3 is 2.74 bits per heavy atom. The van der Waals surface area contributed by atoms with Gasteiger partial charge in [-0.05, 0) is 43.5 Å². The first kappa shape index (κ1) is 14.0. The Bertz CT molecular complexity index is 490. The first-order chi connectivity index (χ1) is 9.28. The predicted octanol–water partition coefficient (Wildman–Crippen LogP) is 3.01. The number of nitrogens with zero attached hydrogens (tertiary/aromatic N) is 1. The minimum atomic E-state index is 0.831. The highest BCUT2D eigenvalue weighted by atomic mass is 32.1. The minimum absolute atomic E-state index is 0.831. The number of anilines is 1. The molecule has 0 amide bonds. The molecule has 0 radical (unpaired) electrons. The van der Waals surface area contributed by atoms with Crippen LogP contribution in [0, 0.1) is 0 Å². The number of rotatable bonds is 7. The number of nitrogens with two attached hydrogens (primary N) is 1. The molecule has 4 heteroatoms. The largest absolute Gasteiger partial charge is 0.399 e. The lowest BCUT2D eigenvalue weighted by Gasteiger charge is -2.03. The van der Waals surface area contributed by atoms with E-state index in [1.807, 2.05) is 18.3 Å². The van der Waals surface area contributed by atoms with Crippen molar-refractivity contribution in [3.8, 4) is 0 Å². The SMILES string of the molecule is CCc1cnc(CNCCCc2ccc(N)cc2)s1. The Morgan fingerprint density at radius 2 is 2.05 bits per heavy atom. The maximum Gasteiger partial charge on any atom is 0.107 e. The van der Waals surface area contributed by atoms with Crippen LogP contribution in [0.1, 0.15) is 28.8 Å². The molecule has 3 nitrogen and oxygen atoms in total. The van der Waals surface area contributed by atoms with Gasteiger partial charge in [0.25, 0.3) is 0 Å². The maximum absolute atomic E-state index is 5.66. The Morgan fingerprint density at radius 1 is 1.26 bits per heavy atom. The van der Waals surface area contributed by atoms with E-state index >= 15 is 0 Å². The molecular formula is C15H21N3S. The molecule has 0 fully saturated rings. The van der Waals surface area contributed by atoms with E-state index in [2.05, 4.69) is 29.4 Å². The van der Waals surface area contributed by atoms with Crippen molar-refractivity contribution >= 4 is 17.0 Å². The van der Waals surface area contributed by atoms with Gasteiger partial charge in [0, 0.05) is 23.3 Å². The summed E-state index contributed by atoms with van der Waals surface area (Å²) in [5, 5.41) is 4.63. The van der Waals surface area contributed by atoms with Gasteiger partial charge >= 0.3 is 0 Å². The Kier molecular flexibility index (Phi) is 5.36. The summed E-state index contributed by atoms with van der Waals surface area (Å²) in [4.78, 5) is 5.75. The van der Waals surface area contributed by atoms with Gasteiger partial charge in [0.05, 0.1) is 0 Å². The molecule has 1 aromatic carbocycles. The minimum Gasteiger partial charge on any atom is -0.399 e. The lowest BCUT2D eigenvalue weighted by atomic mass is 10.1. The number of thiazole rings is 1. The third-order valence-corrected chi connectivity index (χ3v) is 4.17. The third kappa shape index (κ3) is 4.65. The van der Waals surface area contributed by atoms with Gasteiger partial charge in [0.15, 0.2) is 0 Å². The monoisotopic (exact) mass is 275 g/mol. The van der Waals surface area contributed by atoms with Crippen molar-refractivity contribution in [2.24, 2.45) is 0 Å². The average Bonchev–Trinajstić information content (AvgIpc) is 2.88. The van der Waals surface area contributed by atoms with Gasteiger partial charge < -0.3 is 11.1 Å². The molecule has 2 aromatic rings. The molecule has 0 aliphatic heterocycles. The number of nitrogens with one attached hydrogen (secondary N) is 1. The molecule has 102 valence electrons. The van der Waals surface area contributed by atoms with Crippen molar-refractivity contribution in [1.82, 2.24) is 10.3 Å². The highest BCUT2D eigenvalue weighted by molar-refractivity contribution is 7.11. The lowest BCUT2D eigenvalue weighted by Crippen LogP contribution is -2.15. The van der Waals surface area contributed by atoms with Gasteiger partial charge in [-0.2, -0.15) is 0 Å². The molecule has 19 heavy (non-hydrogen) atoms. The molecule has 1 heterocycles. The van der Waals surface area contributed by atoms with Gasteiger partial charge in [-0.15, -0.1) is 11.3 Å². The van der Waals surface area contributed by atoms with Gasteiger partial charge in [0.1, 0.15) is 5.01 Å². The number of aryl methyl sites for hydroxylation is 2. The van der Waals surface area contributed by atoms with E-state index in [4.69, 9.17) is 5.73 Å². The molecule has 0 unspecified atom stereocenters. The van der Waals surface area contributed by atoms with Crippen LogP contribution in [0.4, 0.5) is 5.69 Å². The molecule has 0 saturated carbocycles. The van der Waals surface area contributed by atoms with E-state index in [1.165, 1.54) is 15.4 Å². The second kappa shape index (κ2) is 7.26. The van der Waals surface area contributed by atoms with E-state index < -0.39 is 0 Å². The number of hydrogen-bond donors (Lipinski definition) is 2. The number of hydrogen-bond acceptors (Lipinski definition) is 4. The van der Waals surface area contributed by atoms with E-state index in [1.54, 1.807) is 11.3 Å². The van der Waals surface area contributed by atoms with Crippen LogP contribution in [0.2, 0.25) is 0 Å². The number of nitrogen functional groups attached to an aromatic ring is 1. The molecule has 0 aliphatic carbocycles. The van der Waals surface area contributed by atoms with Crippen LogP contribution in [0.25, 0.3) is 0 Å². The molecule has 1 aromatic heterocycles. The fraction of sp³-hybridized carbons (Fsp3) is 0.400. The normalized spacial score (nSPS) is 10.8. The first-order valence-corrected chi connectivity index (χ1v) is 7.58. The molecule has 0 aliphatic rings. The summed E-state index contributed by atoms with van der Waals surface area (Å²) in [5.74, 6) is 0. The average molecular weight is 275 g/mol. The van der Waals surface area contributed by atoms with Crippen LogP contribution in [0.5, 0.6) is 0 Å². The van der Waals surface area contributed by atoms with E-state index in [0.717, 1.165) is 38.0 Å². The van der Waals surface area contributed by atoms with Crippen LogP contribution in [-0.2, 0) is 19.4 Å². The third-order valence-electron chi connectivity index (χ3n) is 3.02. The van der Waals surface area contributed by atoms with Gasteiger partial charge in [-0.1, -0.05) is 19.1 Å². The second-order valence-corrected chi connectivity index (χ2v) is 5.80. The zero-order valence-electron chi connectivity index (χ0n) is 11.4.